The van der Waals surface area contributed by atoms with Crippen LogP contribution in [0.4, 0.5) is 0 Å². The van der Waals surface area contributed by atoms with Crippen molar-refractivity contribution in [2.75, 3.05) is 0 Å². The van der Waals surface area contributed by atoms with Gasteiger partial charge in [0.25, 0.3) is 0 Å². The van der Waals surface area contributed by atoms with Crippen LogP contribution in [0, 0.1) is 6.92 Å². The molecule has 0 aromatic carbocycles. The zero-order valence-electron chi connectivity index (χ0n) is 7.71. The van der Waals surface area contributed by atoms with E-state index < -0.39 is 12.1 Å². The summed E-state index contributed by atoms with van der Waals surface area (Å²) in [6.07, 6.45) is 0.479. The van der Waals surface area contributed by atoms with Crippen molar-refractivity contribution < 1.29 is 14.3 Å². The molecule has 1 atom stereocenters. The van der Waals surface area contributed by atoms with Crippen molar-refractivity contribution in [3.63, 3.8) is 0 Å². The van der Waals surface area contributed by atoms with Crippen molar-refractivity contribution in [1.29, 1.82) is 0 Å². The molecule has 0 aromatic rings. The number of ketones is 1. The maximum Gasteiger partial charge on any atom is 0.333 e. The van der Waals surface area contributed by atoms with Crippen molar-refractivity contribution in [2.45, 2.75) is 19.4 Å². The minimum Gasteiger partial charge on any atom is -0.451 e. The number of esters is 1. The van der Waals surface area contributed by atoms with E-state index in [0.717, 1.165) is 6.08 Å². The predicted molar refractivity (Wildman–Crippen MR) is 49.9 cm³/mol. The molecule has 0 heterocycles. The third-order valence-electron chi connectivity index (χ3n) is 1.38. The van der Waals surface area contributed by atoms with E-state index in [1.807, 2.05) is 0 Å². The summed E-state index contributed by atoms with van der Waals surface area (Å²) in [5.74, 6) is -0.923. The van der Waals surface area contributed by atoms with E-state index in [1.165, 1.54) is 6.92 Å². The molecule has 0 aliphatic rings. The van der Waals surface area contributed by atoms with Gasteiger partial charge < -0.3 is 4.74 Å². The van der Waals surface area contributed by atoms with Gasteiger partial charge in [-0.25, -0.2) is 4.79 Å². The lowest BCUT2D eigenvalue weighted by Crippen LogP contribution is -2.25. The van der Waals surface area contributed by atoms with Gasteiger partial charge >= 0.3 is 5.97 Å². The predicted octanol–water partition coefficient (Wildman–Crippen LogP) is 1.45. The number of hydrogen-bond donors (Lipinski definition) is 0. The Labute approximate surface area is 78.1 Å². The molecular formula is C10H13O3. The fraction of sp³-hybridized carbons (Fsp3) is 0.300. The van der Waals surface area contributed by atoms with E-state index in [-0.39, 0.29) is 17.8 Å². The first-order chi connectivity index (χ1) is 6.02. The first-order valence-corrected chi connectivity index (χ1v) is 3.85. The fourth-order valence-electron chi connectivity index (χ4n) is 0.621. The monoisotopic (exact) mass is 181 g/mol. The van der Waals surface area contributed by atoms with Crippen LogP contribution >= 0.6 is 0 Å². The molecule has 71 valence electrons. The molecule has 0 aliphatic carbocycles. The summed E-state index contributed by atoms with van der Waals surface area (Å²) in [6, 6.07) is 0. The van der Waals surface area contributed by atoms with Crippen LogP contribution in [0.2, 0.25) is 0 Å². The lowest BCUT2D eigenvalue weighted by atomic mass is 10.2. The molecule has 0 aromatic heterocycles. The number of carbonyl (C=O) groups is 2. The smallest absolute Gasteiger partial charge is 0.333 e. The average Bonchev–Trinajstić information content (AvgIpc) is 2.12. The number of ether oxygens (including phenoxy) is 1. The summed E-state index contributed by atoms with van der Waals surface area (Å²) in [4.78, 5) is 22.0. The first-order valence-electron chi connectivity index (χ1n) is 3.85. The molecule has 0 fully saturated rings. The second-order valence-corrected chi connectivity index (χ2v) is 2.57. The lowest BCUT2D eigenvalue weighted by Gasteiger charge is -2.12. The van der Waals surface area contributed by atoms with Gasteiger partial charge in [-0.05, 0) is 26.3 Å². The van der Waals surface area contributed by atoms with Gasteiger partial charge in [-0.15, -0.1) is 0 Å². The summed E-state index contributed by atoms with van der Waals surface area (Å²) < 4.78 is 4.79. The van der Waals surface area contributed by atoms with Crippen molar-refractivity contribution in [3.05, 3.63) is 31.7 Å². The summed E-state index contributed by atoms with van der Waals surface area (Å²) in [6.45, 7) is 11.7. The minimum atomic E-state index is -0.832. The molecule has 13 heavy (non-hydrogen) atoms. The second-order valence-electron chi connectivity index (χ2n) is 2.57. The maximum atomic E-state index is 11.0. The van der Waals surface area contributed by atoms with Crippen LogP contribution in [0.15, 0.2) is 24.8 Å². The van der Waals surface area contributed by atoms with Gasteiger partial charge in [0, 0.05) is 5.57 Å². The SMILES string of the molecule is [CH2]C[C@@H](OC(=O)C(=C)C)C(=O)C=C. The molecule has 0 N–H and O–H groups in total. The molecule has 0 unspecified atom stereocenters. The molecule has 3 nitrogen and oxygen atoms in total. The van der Waals surface area contributed by atoms with Gasteiger partial charge in [-0.3, -0.25) is 4.79 Å². The van der Waals surface area contributed by atoms with Crippen molar-refractivity contribution in [3.8, 4) is 0 Å². The van der Waals surface area contributed by atoms with E-state index in [9.17, 15) is 9.59 Å². The molecule has 0 spiro atoms. The lowest BCUT2D eigenvalue weighted by molar-refractivity contribution is -0.149. The average molecular weight is 181 g/mol. The van der Waals surface area contributed by atoms with E-state index >= 15 is 0 Å². The Bertz CT molecular complexity index is 241. The zero-order valence-corrected chi connectivity index (χ0v) is 7.71. The summed E-state index contributed by atoms with van der Waals surface area (Å²) >= 11 is 0. The third-order valence-corrected chi connectivity index (χ3v) is 1.38. The number of rotatable bonds is 5. The summed E-state index contributed by atoms with van der Waals surface area (Å²) in [7, 11) is 0. The Morgan fingerprint density at radius 2 is 2.08 bits per heavy atom. The minimum absolute atomic E-state index is 0.198. The van der Waals surface area contributed by atoms with Gasteiger partial charge in [0.15, 0.2) is 11.9 Å². The van der Waals surface area contributed by atoms with E-state index in [1.54, 1.807) is 0 Å². The van der Waals surface area contributed by atoms with Gasteiger partial charge in [0.05, 0.1) is 0 Å². The Balaban J connectivity index is 4.29. The van der Waals surface area contributed by atoms with Crippen LogP contribution in [0.5, 0.6) is 0 Å². The normalized spacial score (nSPS) is 11.5. The van der Waals surface area contributed by atoms with Crippen molar-refractivity contribution in [1.82, 2.24) is 0 Å². The summed E-state index contributed by atoms with van der Waals surface area (Å²) in [5.41, 5.74) is 0.260. The van der Waals surface area contributed by atoms with E-state index in [2.05, 4.69) is 20.1 Å². The third kappa shape index (κ3) is 3.69. The quantitative estimate of drug-likeness (QED) is 0.476. The Hall–Kier alpha value is -1.38. The van der Waals surface area contributed by atoms with Gasteiger partial charge in [0.2, 0.25) is 0 Å². The van der Waals surface area contributed by atoms with Crippen LogP contribution in [-0.2, 0) is 14.3 Å². The topological polar surface area (TPSA) is 43.4 Å². The standard InChI is InChI=1S/C10H13O3/c1-5-8(11)9(6-2)13-10(12)7(3)4/h5,9H,1-3,6H2,4H3/t9-/m1/s1. The number of carbonyl (C=O) groups excluding carboxylic acids is 2. The number of hydrogen-bond acceptors (Lipinski definition) is 3. The molecule has 0 rings (SSSR count). The highest BCUT2D eigenvalue weighted by Gasteiger charge is 2.18. The van der Waals surface area contributed by atoms with Gasteiger partial charge in [-0.2, -0.15) is 0 Å². The Morgan fingerprint density at radius 1 is 1.54 bits per heavy atom. The van der Waals surface area contributed by atoms with Crippen LogP contribution in [0.3, 0.4) is 0 Å². The van der Waals surface area contributed by atoms with E-state index in [4.69, 9.17) is 4.74 Å². The molecule has 1 radical (unpaired) electrons. The fourth-order valence-corrected chi connectivity index (χ4v) is 0.621. The Morgan fingerprint density at radius 3 is 2.38 bits per heavy atom. The molecule has 0 saturated heterocycles. The van der Waals surface area contributed by atoms with E-state index in [0.29, 0.717) is 0 Å². The van der Waals surface area contributed by atoms with Crippen LogP contribution in [-0.4, -0.2) is 17.9 Å². The van der Waals surface area contributed by atoms with Crippen LogP contribution < -0.4 is 0 Å². The molecule has 0 saturated carbocycles. The molecule has 0 amide bonds. The Kier molecular flexibility index (Phi) is 4.74. The molecular weight excluding hydrogens is 168 g/mol. The first kappa shape index (κ1) is 11.6. The zero-order chi connectivity index (χ0) is 10.4. The second kappa shape index (κ2) is 5.30. The largest absolute Gasteiger partial charge is 0.451 e. The summed E-state index contributed by atoms with van der Waals surface area (Å²) in [5, 5.41) is 0. The van der Waals surface area contributed by atoms with Crippen molar-refractivity contribution in [2.24, 2.45) is 0 Å². The molecule has 3 heteroatoms. The van der Waals surface area contributed by atoms with Crippen LogP contribution in [0.1, 0.15) is 13.3 Å². The highest BCUT2D eigenvalue weighted by atomic mass is 16.5. The van der Waals surface area contributed by atoms with Crippen molar-refractivity contribution >= 4 is 11.8 Å². The molecule has 0 bridgehead atoms. The highest BCUT2D eigenvalue weighted by molar-refractivity contribution is 5.96. The molecule has 0 aliphatic heterocycles. The maximum absolute atomic E-state index is 11.0. The van der Waals surface area contributed by atoms with Gasteiger partial charge in [0.1, 0.15) is 0 Å². The van der Waals surface area contributed by atoms with Crippen LogP contribution in [0.25, 0.3) is 0 Å². The van der Waals surface area contributed by atoms with Gasteiger partial charge in [-0.1, -0.05) is 13.2 Å². The highest BCUT2D eigenvalue weighted by Crippen LogP contribution is 2.04.